The monoisotopic (exact) mass is 228 g/mol. The van der Waals surface area contributed by atoms with E-state index in [1.165, 1.54) is 5.57 Å². The average Bonchev–Trinajstić information content (AvgIpc) is 2.38. The second-order valence-electron chi connectivity index (χ2n) is 4.16. The molecule has 0 heterocycles. The summed E-state index contributed by atoms with van der Waals surface area (Å²) in [4.78, 5) is 11.1. The molecular weight excluding hydrogens is 212 g/mol. The quantitative estimate of drug-likeness (QED) is 0.737. The molecule has 0 radical (unpaired) electrons. The molecule has 0 fully saturated rings. The molecule has 2 nitrogen and oxygen atoms in total. The van der Waals surface area contributed by atoms with Crippen LogP contribution in [0.3, 0.4) is 0 Å². The first-order chi connectivity index (χ1) is 8.25. The normalized spacial score (nSPS) is 14.3. The van der Waals surface area contributed by atoms with Gasteiger partial charge in [0.25, 0.3) is 0 Å². The van der Waals surface area contributed by atoms with Crippen LogP contribution in [0.1, 0.15) is 30.1 Å². The van der Waals surface area contributed by atoms with Gasteiger partial charge in [-0.15, -0.1) is 0 Å². The van der Waals surface area contributed by atoms with Crippen molar-refractivity contribution in [3.05, 3.63) is 53.6 Å². The Morgan fingerprint density at radius 1 is 1.29 bits per heavy atom. The Morgan fingerprint density at radius 2 is 2.06 bits per heavy atom. The molecular formula is C15H16O2. The van der Waals surface area contributed by atoms with Crippen molar-refractivity contribution < 1.29 is 9.53 Å². The molecule has 0 saturated heterocycles. The van der Waals surface area contributed by atoms with Crippen molar-refractivity contribution in [1.82, 2.24) is 0 Å². The molecule has 0 spiro atoms. The molecule has 0 atom stereocenters. The molecule has 0 unspecified atom stereocenters. The third-order valence-electron chi connectivity index (χ3n) is 2.79. The summed E-state index contributed by atoms with van der Waals surface area (Å²) in [5, 5.41) is 0. The van der Waals surface area contributed by atoms with Crippen LogP contribution in [0.5, 0.6) is 5.75 Å². The Morgan fingerprint density at radius 3 is 2.65 bits per heavy atom. The molecule has 88 valence electrons. The zero-order valence-electron chi connectivity index (χ0n) is 9.98. The predicted molar refractivity (Wildman–Crippen MR) is 68.4 cm³/mol. The highest BCUT2D eigenvalue weighted by Gasteiger charge is 2.02. The van der Waals surface area contributed by atoms with Crippen LogP contribution in [0, 0.1) is 0 Å². The van der Waals surface area contributed by atoms with Gasteiger partial charge in [0.2, 0.25) is 0 Å². The lowest BCUT2D eigenvalue weighted by molar-refractivity contribution is 0.101. The lowest BCUT2D eigenvalue weighted by atomic mass is 10.1. The Labute approximate surface area is 102 Å². The topological polar surface area (TPSA) is 26.3 Å². The maximum Gasteiger partial charge on any atom is 0.159 e. The minimum Gasteiger partial charge on any atom is -0.489 e. The third kappa shape index (κ3) is 3.31. The van der Waals surface area contributed by atoms with Gasteiger partial charge in [-0.1, -0.05) is 18.2 Å². The van der Waals surface area contributed by atoms with Crippen molar-refractivity contribution >= 4 is 5.78 Å². The number of ketones is 1. The van der Waals surface area contributed by atoms with Crippen LogP contribution in [-0.2, 0) is 0 Å². The van der Waals surface area contributed by atoms with Crippen LogP contribution in [0.4, 0.5) is 0 Å². The fraction of sp³-hybridized carbons (Fsp3) is 0.267. The molecule has 1 aliphatic carbocycles. The molecule has 2 rings (SSSR count). The molecule has 0 N–H and O–H groups in total. The van der Waals surface area contributed by atoms with Crippen LogP contribution < -0.4 is 4.74 Å². The Bertz CT molecular complexity index is 452. The van der Waals surface area contributed by atoms with Crippen molar-refractivity contribution in [2.75, 3.05) is 6.61 Å². The number of benzene rings is 1. The van der Waals surface area contributed by atoms with E-state index in [-0.39, 0.29) is 5.78 Å². The van der Waals surface area contributed by atoms with Gasteiger partial charge in [-0.05, 0) is 49.6 Å². The minimum atomic E-state index is 0.0803. The maximum atomic E-state index is 11.1. The molecule has 1 aromatic rings. The smallest absolute Gasteiger partial charge is 0.159 e. The zero-order valence-corrected chi connectivity index (χ0v) is 9.98. The van der Waals surface area contributed by atoms with Crippen LogP contribution in [0.25, 0.3) is 0 Å². The summed E-state index contributed by atoms with van der Waals surface area (Å²) in [6, 6.07) is 7.28. The second-order valence-corrected chi connectivity index (χ2v) is 4.16. The van der Waals surface area contributed by atoms with Gasteiger partial charge >= 0.3 is 0 Å². The van der Waals surface area contributed by atoms with Crippen LogP contribution >= 0.6 is 0 Å². The Hall–Kier alpha value is -1.83. The van der Waals surface area contributed by atoms with Crippen molar-refractivity contribution in [3.8, 4) is 5.75 Å². The number of hydrogen-bond donors (Lipinski definition) is 0. The van der Waals surface area contributed by atoms with Crippen molar-refractivity contribution in [2.45, 2.75) is 19.8 Å². The maximum absolute atomic E-state index is 11.1. The summed E-state index contributed by atoms with van der Waals surface area (Å²) in [6.45, 7) is 2.19. The molecule has 0 amide bonds. The first kappa shape index (κ1) is 11.6. The lowest BCUT2D eigenvalue weighted by Crippen LogP contribution is -2.02. The minimum absolute atomic E-state index is 0.0803. The third-order valence-corrected chi connectivity index (χ3v) is 2.79. The zero-order chi connectivity index (χ0) is 12.1. The first-order valence-corrected chi connectivity index (χ1v) is 5.84. The van der Waals surface area contributed by atoms with E-state index in [1.54, 1.807) is 19.1 Å². The molecule has 0 aromatic heterocycles. The van der Waals surface area contributed by atoms with E-state index in [4.69, 9.17) is 4.74 Å². The predicted octanol–water partition coefficient (Wildman–Crippen LogP) is 3.54. The SMILES string of the molecule is CC(=O)c1ccc(OCC2=CC=CCC2)cc1. The van der Waals surface area contributed by atoms with Gasteiger partial charge in [0.05, 0.1) is 0 Å². The fourth-order valence-corrected chi connectivity index (χ4v) is 1.73. The number of carbonyl (C=O) groups is 1. The molecule has 2 heteroatoms. The standard InChI is InChI=1S/C15H16O2/c1-12(16)14-7-9-15(10-8-14)17-11-13-5-3-2-4-6-13/h2-3,5,7-10H,4,6,11H2,1H3. The molecule has 17 heavy (non-hydrogen) atoms. The highest BCUT2D eigenvalue weighted by Crippen LogP contribution is 2.16. The van der Waals surface area contributed by atoms with E-state index < -0.39 is 0 Å². The van der Waals surface area contributed by atoms with Crippen molar-refractivity contribution in [1.29, 1.82) is 0 Å². The van der Waals surface area contributed by atoms with Crippen molar-refractivity contribution in [2.24, 2.45) is 0 Å². The average molecular weight is 228 g/mol. The molecule has 1 aliphatic rings. The van der Waals surface area contributed by atoms with E-state index in [9.17, 15) is 4.79 Å². The van der Waals surface area contributed by atoms with Gasteiger partial charge in [0, 0.05) is 5.56 Å². The summed E-state index contributed by atoms with van der Waals surface area (Å²) in [5.41, 5.74) is 2.03. The van der Waals surface area contributed by atoms with Gasteiger partial charge in [0.15, 0.2) is 5.78 Å². The van der Waals surface area contributed by atoms with Crippen LogP contribution in [-0.4, -0.2) is 12.4 Å². The molecule has 1 aromatic carbocycles. The van der Waals surface area contributed by atoms with Gasteiger partial charge in [-0.3, -0.25) is 4.79 Å². The van der Waals surface area contributed by atoms with E-state index in [0.29, 0.717) is 6.61 Å². The molecule has 0 aliphatic heterocycles. The van der Waals surface area contributed by atoms with E-state index in [2.05, 4.69) is 18.2 Å². The summed E-state index contributed by atoms with van der Waals surface area (Å²) in [6.07, 6.45) is 8.50. The van der Waals surface area contributed by atoms with Gasteiger partial charge in [-0.2, -0.15) is 0 Å². The number of rotatable bonds is 4. The van der Waals surface area contributed by atoms with Gasteiger partial charge in [-0.25, -0.2) is 0 Å². The number of ether oxygens (including phenoxy) is 1. The van der Waals surface area contributed by atoms with Gasteiger partial charge < -0.3 is 4.74 Å². The lowest BCUT2D eigenvalue weighted by Gasteiger charge is -2.11. The second kappa shape index (κ2) is 5.48. The Balaban J connectivity index is 1.93. The van der Waals surface area contributed by atoms with Crippen LogP contribution in [0.15, 0.2) is 48.1 Å². The van der Waals surface area contributed by atoms with Crippen LogP contribution in [0.2, 0.25) is 0 Å². The highest BCUT2D eigenvalue weighted by atomic mass is 16.5. The summed E-state index contributed by atoms with van der Waals surface area (Å²) >= 11 is 0. The summed E-state index contributed by atoms with van der Waals surface area (Å²) in [5.74, 6) is 0.891. The van der Waals surface area contributed by atoms with E-state index >= 15 is 0 Å². The summed E-state index contributed by atoms with van der Waals surface area (Å²) in [7, 11) is 0. The number of allylic oxidation sites excluding steroid dienone is 3. The number of carbonyl (C=O) groups excluding carboxylic acids is 1. The molecule has 0 bridgehead atoms. The van der Waals surface area contributed by atoms with E-state index in [1.807, 2.05) is 12.1 Å². The Kier molecular flexibility index (Phi) is 3.76. The largest absolute Gasteiger partial charge is 0.489 e. The first-order valence-electron chi connectivity index (χ1n) is 5.84. The number of Topliss-reactive ketones (excluding diaryl/α,β-unsaturated/α-hetero) is 1. The fourth-order valence-electron chi connectivity index (χ4n) is 1.73. The molecule has 0 saturated carbocycles. The van der Waals surface area contributed by atoms with Gasteiger partial charge in [0.1, 0.15) is 12.4 Å². The summed E-state index contributed by atoms with van der Waals surface area (Å²) < 4.78 is 5.67. The number of hydrogen-bond acceptors (Lipinski definition) is 2. The van der Waals surface area contributed by atoms with Crippen molar-refractivity contribution in [3.63, 3.8) is 0 Å². The highest BCUT2D eigenvalue weighted by molar-refractivity contribution is 5.94. The van der Waals surface area contributed by atoms with E-state index in [0.717, 1.165) is 24.2 Å².